The molecule has 2 rings (SSSR count). The largest absolute Gasteiger partial charge is 0.399 e. The van der Waals surface area contributed by atoms with Gasteiger partial charge in [0.2, 0.25) is 5.91 Å². The number of hydrogen-bond donors (Lipinski definition) is 2. The van der Waals surface area contributed by atoms with Crippen molar-refractivity contribution < 1.29 is 14.1 Å². The topological polar surface area (TPSA) is 101 Å². The minimum absolute atomic E-state index is 0.222. The Balaban J connectivity index is 2.25. The van der Waals surface area contributed by atoms with Gasteiger partial charge in [-0.1, -0.05) is 11.2 Å². The van der Waals surface area contributed by atoms with Crippen LogP contribution in [0.15, 0.2) is 41.1 Å². The summed E-state index contributed by atoms with van der Waals surface area (Å²) in [6.45, 7) is 1.28. The summed E-state index contributed by atoms with van der Waals surface area (Å²) in [4.78, 5) is 24.6. The summed E-state index contributed by atoms with van der Waals surface area (Å²) in [6, 6.07) is 7.30. The normalized spacial score (nSPS) is 9.95. The Morgan fingerprint density at radius 3 is 2.74 bits per heavy atom. The van der Waals surface area contributed by atoms with Crippen LogP contribution in [0, 0.1) is 0 Å². The first kappa shape index (κ1) is 12.6. The van der Waals surface area contributed by atoms with Crippen LogP contribution in [0.25, 0.3) is 0 Å². The molecule has 0 aliphatic rings. The average Bonchev–Trinajstić information content (AvgIpc) is 2.81. The lowest BCUT2D eigenvalue weighted by atomic mass is 10.2. The maximum absolute atomic E-state index is 12.0. The highest BCUT2D eigenvalue weighted by Crippen LogP contribution is 2.19. The lowest BCUT2D eigenvalue weighted by Crippen LogP contribution is -2.38. The summed E-state index contributed by atoms with van der Waals surface area (Å²) in [5, 5.41) is 5.98. The molecular weight excluding hydrogens is 248 g/mol. The summed E-state index contributed by atoms with van der Waals surface area (Å²) in [5.41, 5.74) is 6.48. The van der Waals surface area contributed by atoms with Crippen LogP contribution in [-0.2, 0) is 4.79 Å². The second-order valence-electron chi connectivity index (χ2n) is 3.76. The standard InChI is InChI=1S/C12H12N4O3/c1-8(17)16(10-4-2-3-9(13)7-10)12(18)14-11-5-6-19-15-11/h2-7H,13H2,1H3,(H,14,15,18). The number of urea groups is 1. The van der Waals surface area contributed by atoms with E-state index in [9.17, 15) is 9.59 Å². The second kappa shape index (κ2) is 5.21. The molecular formula is C12H12N4O3. The molecule has 2 aromatic rings. The van der Waals surface area contributed by atoms with Gasteiger partial charge in [-0.25, -0.2) is 9.69 Å². The van der Waals surface area contributed by atoms with Crippen LogP contribution >= 0.6 is 0 Å². The number of imide groups is 1. The molecule has 7 nitrogen and oxygen atoms in total. The molecule has 3 amide bonds. The van der Waals surface area contributed by atoms with Crippen molar-refractivity contribution in [3.63, 3.8) is 0 Å². The van der Waals surface area contributed by atoms with Crippen LogP contribution in [0.5, 0.6) is 0 Å². The summed E-state index contributed by atoms with van der Waals surface area (Å²) in [5.74, 6) is -0.216. The Morgan fingerprint density at radius 1 is 1.37 bits per heavy atom. The molecule has 19 heavy (non-hydrogen) atoms. The van der Waals surface area contributed by atoms with Gasteiger partial charge in [0, 0.05) is 18.7 Å². The van der Waals surface area contributed by atoms with E-state index in [0.717, 1.165) is 4.90 Å². The Kier molecular flexibility index (Phi) is 3.46. The van der Waals surface area contributed by atoms with E-state index in [2.05, 4.69) is 15.0 Å². The minimum Gasteiger partial charge on any atom is -0.399 e. The van der Waals surface area contributed by atoms with Gasteiger partial charge in [-0.05, 0) is 18.2 Å². The fraction of sp³-hybridized carbons (Fsp3) is 0.0833. The number of aromatic nitrogens is 1. The van der Waals surface area contributed by atoms with Gasteiger partial charge in [-0.15, -0.1) is 0 Å². The predicted molar refractivity (Wildman–Crippen MR) is 69.5 cm³/mol. The van der Waals surface area contributed by atoms with Gasteiger partial charge >= 0.3 is 6.03 Å². The second-order valence-corrected chi connectivity index (χ2v) is 3.76. The SMILES string of the molecule is CC(=O)N(C(=O)Nc1ccon1)c1cccc(N)c1. The third-order valence-electron chi connectivity index (χ3n) is 2.32. The molecule has 0 fully saturated rings. The van der Waals surface area contributed by atoms with E-state index in [0.29, 0.717) is 11.4 Å². The van der Waals surface area contributed by atoms with Crippen LogP contribution in [0.3, 0.4) is 0 Å². The van der Waals surface area contributed by atoms with Gasteiger partial charge in [-0.2, -0.15) is 0 Å². The molecule has 0 spiro atoms. The van der Waals surface area contributed by atoms with Crippen LogP contribution in [-0.4, -0.2) is 17.1 Å². The molecule has 1 aromatic heterocycles. The van der Waals surface area contributed by atoms with E-state index in [1.54, 1.807) is 18.2 Å². The lowest BCUT2D eigenvalue weighted by molar-refractivity contribution is -0.115. The Hall–Kier alpha value is -2.83. The number of anilines is 3. The van der Waals surface area contributed by atoms with Gasteiger partial charge in [-0.3, -0.25) is 10.1 Å². The minimum atomic E-state index is -0.632. The van der Waals surface area contributed by atoms with Gasteiger partial charge in [0.1, 0.15) is 6.26 Å². The number of nitrogens with two attached hydrogens (primary N) is 1. The summed E-state index contributed by atoms with van der Waals surface area (Å²) in [6.07, 6.45) is 1.31. The van der Waals surface area contributed by atoms with Gasteiger partial charge in [0.25, 0.3) is 0 Å². The van der Waals surface area contributed by atoms with Crippen LogP contribution in [0.1, 0.15) is 6.92 Å². The Morgan fingerprint density at radius 2 is 2.16 bits per heavy atom. The number of rotatable bonds is 2. The quantitative estimate of drug-likeness (QED) is 0.802. The highest BCUT2D eigenvalue weighted by molar-refractivity contribution is 6.17. The van der Waals surface area contributed by atoms with Gasteiger partial charge in [0.05, 0.1) is 5.69 Å². The molecule has 0 unspecified atom stereocenters. The zero-order chi connectivity index (χ0) is 13.8. The molecule has 0 radical (unpaired) electrons. The molecule has 0 saturated heterocycles. The fourth-order valence-electron chi connectivity index (χ4n) is 1.55. The number of nitrogens with zero attached hydrogens (tertiary/aromatic N) is 2. The Bertz CT molecular complexity index is 595. The monoisotopic (exact) mass is 260 g/mol. The number of hydrogen-bond acceptors (Lipinski definition) is 5. The third kappa shape index (κ3) is 2.89. The lowest BCUT2D eigenvalue weighted by Gasteiger charge is -2.19. The first-order chi connectivity index (χ1) is 9.08. The van der Waals surface area contributed by atoms with E-state index in [1.165, 1.54) is 25.3 Å². The molecule has 7 heteroatoms. The van der Waals surface area contributed by atoms with Crippen molar-refractivity contribution in [2.24, 2.45) is 0 Å². The number of benzene rings is 1. The van der Waals surface area contributed by atoms with Crippen molar-refractivity contribution in [2.75, 3.05) is 16.0 Å². The van der Waals surface area contributed by atoms with E-state index in [-0.39, 0.29) is 5.82 Å². The highest BCUT2D eigenvalue weighted by atomic mass is 16.5. The van der Waals surface area contributed by atoms with E-state index in [1.807, 2.05) is 0 Å². The number of carbonyl (C=O) groups excluding carboxylic acids is 2. The average molecular weight is 260 g/mol. The van der Waals surface area contributed by atoms with E-state index < -0.39 is 11.9 Å². The smallest absolute Gasteiger partial charge is 0.334 e. The van der Waals surface area contributed by atoms with Crippen molar-refractivity contribution in [3.8, 4) is 0 Å². The fourth-order valence-corrected chi connectivity index (χ4v) is 1.55. The molecule has 0 bridgehead atoms. The number of carbonyl (C=O) groups is 2. The summed E-state index contributed by atoms with van der Waals surface area (Å²) >= 11 is 0. The van der Waals surface area contributed by atoms with Crippen molar-refractivity contribution >= 4 is 29.1 Å². The maximum Gasteiger partial charge on any atom is 0.334 e. The molecule has 0 saturated carbocycles. The molecule has 1 aromatic carbocycles. The molecule has 0 aliphatic carbocycles. The van der Waals surface area contributed by atoms with Gasteiger partial charge in [0.15, 0.2) is 5.82 Å². The molecule has 0 atom stereocenters. The number of nitrogens with one attached hydrogen (secondary N) is 1. The molecule has 98 valence electrons. The first-order valence-electron chi connectivity index (χ1n) is 5.45. The van der Waals surface area contributed by atoms with E-state index in [4.69, 9.17) is 5.73 Å². The van der Waals surface area contributed by atoms with Crippen molar-refractivity contribution in [3.05, 3.63) is 36.6 Å². The maximum atomic E-state index is 12.0. The summed E-state index contributed by atoms with van der Waals surface area (Å²) < 4.78 is 4.59. The van der Waals surface area contributed by atoms with Crippen molar-refractivity contribution in [1.82, 2.24) is 5.16 Å². The van der Waals surface area contributed by atoms with Gasteiger partial charge < -0.3 is 10.3 Å². The highest BCUT2D eigenvalue weighted by Gasteiger charge is 2.21. The van der Waals surface area contributed by atoms with E-state index >= 15 is 0 Å². The molecule has 3 N–H and O–H groups in total. The first-order valence-corrected chi connectivity index (χ1v) is 5.45. The third-order valence-corrected chi connectivity index (χ3v) is 2.32. The number of amides is 3. The Labute approximate surface area is 109 Å². The number of nitrogen functional groups attached to an aromatic ring is 1. The van der Waals surface area contributed by atoms with Crippen LogP contribution in [0.4, 0.5) is 22.0 Å². The van der Waals surface area contributed by atoms with Crippen LogP contribution in [0.2, 0.25) is 0 Å². The molecule has 0 aliphatic heterocycles. The zero-order valence-electron chi connectivity index (χ0n) is 10.2. The van der Waals surface area contributed by atoms with Crippen LogP contribution < -0.4 is 16.0 Å². The summed E-state index contributed by atoms with van der Waals surface area (Å²) in [7, 11) is 0. The predicted octanol–water partition coefficient (Wildman–Crippen LogP) is 1.84. The van der Waals surface area contributed by atoms with Crippen molar-refractivity contribution in [2.45, 2.75) is 6.92 Å². The zero-order valence-corrected chi connectivity index (χ0v) is 10.2. The molecule has 1 heterocycles. The van der Waals surface area contributed by atoms with Crippen molar-refractivity contribution in [1.29, 1.82) is 0 Å².